The van der Waals surface area contributed by atoms with Crippen molar-refractivity contribution in [2.75, 3.05) is 16.2 Å². The molecule has 4 rings (SSSR count). The summed E-state index contributed by atoms with van der Waals surface area (Å²) >= 11 is 6.03. The van der Waals surface area contributed by atoms with Crippen LogP contribution in [-0.2, 0) is 16.4 Å². The Morgan fingerprint density at radius 2 is 1.80 bits per heavy atom. The molecule has 154 valence electrons. The number of amides is 1. The molecule has 0 aromatic heterocycles. The predicted octanol–water partition coefficient (Wildman–Crippen LogP) is 5.04. The summed E-state index contributed by atoms with van der Waals surface area (Å²) in [5.74, 6) is -0.146. The van der Waals surface area contributed by atoms with Crippen molar-refractivity contribution in [1.29, 1.82) is 0 Å². The van der Waals surface area contributed by atoms with Crippen LogP contribution in [0.15, 0.2) is 71.6 Å². The first-order valence-corrected chi connectivity index (χ1v) is 11.5. The van der Waals surface area contributed by atoms with Crippen LogP contribution in [0.5, 0.6) is 0 Å². The fraction of sp³-hybridized carbons (Fsp3) is 0.174. The summed E-state index contributed by atoms with van der Waals surface area (Å²) in [7, 11) is -3.73. The van der Waals surface area contributed by atoms with Gasteiger partial charge >= 0.3 is 0 Å². The molecule has 3 aromatic carbocycles. The van der Waals surface area contributed by atoms with Crippen LogP contribution in [0.3, 0.4) is 0 Å². The molecule has 0 saturated heterocycles. The largest absolute Gasteiger partial charge is 0.308 e. The van der Waals surface area contributed by atoms with E-state index in [1.807, 2.05) is 19.1 Å². The van der Waals surface area contributed by atoms with Crippen molar-refractivity contribution >= 4 is 38.9 Å². The number of nitrogens with zero attached hydrogens (tertiary/aromatic N) is 1. The molecule has 1 heterocycles. The predicted molar refractivity (Wildman–Crippen MR) is 120 cm³/mol. The average Bonchev–Trinajstić information content (AvgIpc) is 2.74. The number of aryl methyl sites for hydroxylation is 2. The van der Waals surface area contributed by atoms with Crippen LogP contribution in [-0.4, -0.2) is 20.9 Å². The van der Waals surface area contributed by atoms with E-state index in [9.17, 15) is 13.2 Å². The minimum absolute atomic E-state index is 0.146. The number of carbonyl (C=O) groups is 1. The van der Waals surface area contributed by atoms with Crippen molar-refractivity contribution in [1.82, 2.24) is 0 Å². The molecule has 7 heteroatoms. The van der Waals surface area contributed by atoms with E-state index in [1.165, 1.54) is 0 Å². The van der Waals surface area contributed by atoms with Gasteiger partial charge in [-0.25, -0.2) is 8.42 Å². The average molecular weight is 441 g/mol. The molecule has 0 spiro atoms. The Balaban J connectivity index is 1.63. The maximum Gasteiger partial charge on any atom is 0.261 e. The summed E-state index contributed by atoms with van der Waals surface area (Å²) in [5.41, 5.74) is 3.64. The maximum atomic E-state index is 13.0. The summed E-state index contributed by atoms with van der Waals surface area (Å²) in [6, 6.07) is 18.9. The molecule has 1 aliphatic heterocycles. The van der Waals surface area contributed by atoms with Crippen LogP contribution in [0, 0.1) is 6.92 Å². The van der Waals surface area contributed by atoms with Gasteiger partial charge in [-0.1, -0.05) is 35.4 Å². The van der Waals surface area contributed by atoms with E-state index in [2.05, 4.69) is 4.72 Å². The molecule has 1 amide bonds. The van der Waals surface area contributed by atoms with E-state index < -0.39 is 10.0 Å². The van der Waals surface area contributed by atoms with Gasteiger partial charge in [0.15, 0.2) is 0 Å². The molecule has 3 aromatic rings. The minimum Gasteiger partial charge on any atom is -0.308 e. The van der Waals surface area contributed by atoms with Gasteiger partial charge in [0.25, 0.3) is 15.9 Å². The zero-order valence-corrected chi connectivity index (χ0v) is 18.0. The lowest BCUT2D eigenvalue weighted by Gasteiger charge is -2.30. The number of sulfonamides is 1. The fourth-order valence-electron chi connectivity index (χ4n) is 3.56. The number of carbonyl (C=O) groups excluding carboxylic acids is 1. The van der Waals surface area contributed by atoms with Gasteiger partial charge in [-0.05, 0) is 73.9 Å². The Hall–Kier alpha value is -2.83. The third-order valence-corrected chi connectivity index (χ3v) is 6.71. The molecule has 1 N–H and O–H groups in total. The van der Waals surface area contributed by atoms with Crippen LogP contribution in [0.4, 0.5) is 11.4 Å². The van der Waals surface area contributed by atoms with E-state index in [0.29, 0.717) is 29.2 Å². The Labute approximate surface area is 181 Å². The standard InChI is InChI=1S/C23H21ClN2O3S/c1-16-7-9-20(10-8-16)25-30(28,29)21-11-12-22-17(15-21)5-3-13-26(22)23(27)18-4-2-6-19(24)14-18/h2,4,6-12,14-15,25H,3,5,13H2,1H3. The van der Waals surface area contributed by atoms with Gasteiger partial charge < -0.3 is 4.90 Å². The van der Waals surface area contributed by atoms with E-state index in [1.54, 1.807) is 59.5 Å². The third-order valence-electron chi connectivity index (χ3n) is 5.10. The summed E-state index contributed by atoms with van der Waals surface area (Å²) in [5, 5.41) is 0.502. The molecule has 0 aliphatic carbocycles. The lowest BCUT2D eigenvalue weighted by Crippen LogP contribution is -2.35. The molecular formula is C23H21ClN2O3S. The monoisotopic (exact) mass is 440 g/mol. The normalized spacial score (nSPS) is 13.6. The number of hydrogen-bond acceptors (Lipinski definition) is 3. The number of halogens is 1. The van der Waals surface area contributed by atoms with Crippen molar-refractivity contribution < 1.29 is 13.2 Å². The Morgan fingerprint density at radius 3 is 2.53 bits per heavy atom. The lowest BCUT2D eigenvalue weighted by atomic mass is 10.0. The van der Waals surface area contributed by atoms with Crippen molar-refractivity contribution in [3.8, 4) is 0 Å². The van der Waals surface area contributed by atoms with E-state index in [-0.39, 0.29) is 10.8 Å². The second kappa shape index (κ2) is 8.13. The van der Waals surface area contributed by atoms with Gasteiger partial charge in [0.05, 0.1) is 4.90 Å². The van der Waals surface area contributed by atoms with Gasteiger partial charge in [0.1, 0.15) is 0 Å². The number of hydrogen-bond donors (Lipinski definition) is 1. The van der Waals surface area contributed by atoms with Crippen molar-refractivity contribution in [2.24, 2.45) is 0 Å². The molecule has 30 heavy (non-hydrogen) atoms. The highest BCUT2D eigenvalue weighted by Gasteiger charge is 2.26. The van der Waals surface area contributed by atoms with Crippen LogP contribution in [0.25, 0.3) is 0 Å². The van der Waals surface area contributed by atoms with Crippen molar-refractivity contribution in [3.05, 3.63) is 88.4 Å². The molecule has 0 fully saturated rings. The molecule has 0 atom stereocenters. The Kier molecular flexibility index (Phi) is 5.54. The molecule has 1 aliphatic rings. The third kappa shape index (κ3) is 4.20. The van der Waals surface area contributed by atoms with Crippen LogP contribution < -0.4 is 9.62 Å². The zero-order chi connectivity index (χ0) is 21.3. The lowest BCUT2D eigenvalue weighted by molar-refractivity contribution is 0.0985. The number of nitrogens with one attached hydrogen (secondary N) is 1. The minimum atomic E-state index is -3.73. The van der Waals surface area contributed by atoms with Crippen molar-refractivity contribution in [3.63, 3.8) is 0 Å². The summed E-state index contributed by atoms with van der Waals surface area (Å²) < 4.78 is 28.3. The van der Waals surface area contributed by atoms with E-state index in [4.69, 9.17) is 11.6 Å². The number of fused-ring (bicyclic) bond motifs is 1. The summed E-state index contributed by atoms with van der Waals surface area (Å²) in [4.78, 5) is 14.9. The highest BCUT2D eigenvalue weighted by molar-refractivity contribution is 7.92. The Morgan fingerprint density at radius 1 is 1.03 bits per heavy atom. The summed E-state index contributed by atoms with van der Waals surface area (Å²) in [6.07, 6.45) is 1.47. The van der Waals surface area contributed by atoms with Crippen LogP contribution in [0.2, 0.25) is 5.02 Å². The van der Waals surface area contributed by atoms with Crippen molar-refractivity contribution in [2.45, 2.75) is 24.7 Å². The summed E-state index contributed by atoms with van der Waals surface area (Å²) in [6.45, 7) is 2.52. The maximum absolute atomic E-state index is 13.0. The quantitative estimate of drug-likeness (QED) is 0.617. The Bertz CT molecular complexity index is 1210. The van der Waals surface area contributed by atoms with Gasteiger partial charge in [-0.3, -0.25) is 9.52 Å². The molecule has 0 unspecified atom stereocenters. The van der Waals surface area contributed by atoms with Gasteiger partial charge in [-0.15, -0.1) is 0 Å². The van der Waals surface area contributed by atoms with E-state index >= 15 is 0 Å². The number of rotatable bonds is 4. The molecular weight excluding hydrogens is 420 g/mol. The first-order valence-electron chi connectivity index (χ1n) is 9.63. The van der Waals surface area contributed by atoms with Crippen LogP contribution in [0.1, 0.15) is 27.9 Å². The molecule has 0 saturated carbocycles. The van der Waals surface area contributed by atoms with Gasteiger partial charge in [-0.2, -0.15) is 0 Å². The van der Waals surface area contributed by atoms with Gasteiger partial charge in [0, 0.05) is 28.5 Å². The topological polar surface area (TPSA) is 66.5 Å². The highest BCUT2D eigenvalue weighted by atomic mass is 35.5. The van der Waals surface area contributed by atoms with Crippen LogP contribution >= 0.6 is 11.6 Å². The first kappa shape index (κ1) is 20.4. The molecule has 0 radical (unpaired) electrons. The SMILES string of the molecule is Cc1ccc(NS(=O)(=O)c2ccc3c(c2)CCCN3C(=O)c2cccc(Cl)c2)cc1. The first-order chi connectivity index (χ1) is 14.3. The highest BCUT2D eigenvalue weighted by Crippen LogP contribution is 2.31. The number of benzene rings is 3. The fourth-order valence-corrected chi connectivity index (χ4v) is 4.86. The second-order valence-corrected chi connectivity index (χ2v) is 9.45. The second-order valence-electron chi connectivity index (χ2n) is 7.33. The van der Waals surface area contributed by atoms with Gasteiger partial charge in [0.2, 0.25) is 0 Å². The molecule has 5 nitrogen and oxygen atoms in total. The number of anilines is 2. The van der Waals surface area contributed by atoms with E-state index in [0.717, 1.165) is 23.2 Å². The smallest absolute Gasteiger partial charge is 0.261 e. The zero-order valence-electron chi connectivity index (χ0n) is 16.4. The molecule has 0 bridgehead atoms.